The molecule has 1 heterocycles. The van der Waals surface area contributed by atoms with E-state index < -0.39 is 0 Å². The van der Waals surface area contributed by atoms with Gasteiger partial charge < -0.3 is 19.2 Å². The normalized spacial score (nSPS) is 11.0. The number of furan rings is 1. The molecule has 25 heavy (non-hydrogen) atoms. The molecule has 4 rings (SSSR count). The number of ether oxygens (including phenoxy) is 2. The summed E-state index contributed by atoms with van der Waals surface area (Å²) in [5.74, 6) is 1.59. The van der Waals surface area contributed by atoms with Gasteiger partial charge in [0.2, 0.25) is 0 Å². The lowest BCUT2D eigenvalue weighted by molar-refractivity contribution is 0.391. The predicted molar refractivity (Wildman–Crippen MR) is 101 cm³/mol. The highest BCUT2D eigenvalue weighted by atomic mass is 16.5. The minimum absolute atomic E-state index is 0.661. The minimum Gasteiger partial charge on any atom is -0.497 e. The van der Waals surface area contributed by atoms with Gasteiger partial charge in [0.25, 0.3) is 0 Å². The second kappa shape index (κ2) is 6.40. The van der Waals surface area contributed by atoms with Gasteiger partial charge in [-0.1, -0.05) is 18.2 Å². The molecule has 1 N–H and O–H groups in total. The molecule has 0 saturated heterocycles. The highest BCUT2D eigenvalue weighted by Crippen LogP contribution is 2.31. The summed E-state index contributed by atoms with van der Waals surface area (Å²) in [7, 11) is 3.32. The summed E-state index contributed by atoms with van der Waals surface area (Å²) in [6, 6.07) is 20.1. The zero-order valence-electron chi connectivity index (χ0n) is 14.2. The van der Waals surface area contributed by atoms with E-state index in [2.05, 4.69) is 17.4 Å². The van der Waals surface area contributed by atoms with E-state index in [4.69, 9.17) is 13.9 Å². The second-order valence-corrected chi connectivity index (χ2v) is 5.84. The Labute approximate surface area is 146 Å². The predicted octanol–water partition coefficient (Wildman–Crippen LogP) is 5.22. The fourth-order valence-electron chi connectivity index (χ4n) is 3.03. The van der Waals surface area contributed by atoms with Gasteiger partial charge in [0.05, 0.1) is 14.2 Å². The highest BCUT2D eigenvalue weighted by Gasteiger charge is 2.08. The van der Waals surface area contributed by atoms with Crippen molar-refractivity contribution in [3.8, 4) is 11.5 Å². The molecule has 126 valence electrons. The first-order valence-corrected chi connectivity index (χ1v) is 8.14. The van der Waals surface area contributed by atoms with Crippen LogP contribution in [0.3, 0.4) is 0 Å². The molecule has 0 spiro atoms. The number of para-hydroxylation sites is 1. The Bertz CT molecular complexity index is 1040. The van der Waals surface area contributed by atoms with Crippen molar-refractivity contribution in [1.29, 1.82) is 0 Å². The summed E-state index contributed by atoms with van der Waals surface area (Å²) in [6.07, 6.45) is 0. The maximum Gasteiger partial charge on any atom is 0.135 e. The van der Waals surface area contributed by atoms with Crippen LogP contribution in [0.2, 0.25) is 0 Å². The van der Waals surface area contributed by atoms with Crippen LogP contribution in [0.5, 0.6) is 11.5 Å². The van der Waals surface area contributed by atoms with Crippen molar-refractivity contribution < 1.29 is 13.9 Å². The number of methoxy groups -OCH3 is 2. The molecule has 0 amide bonds. The standard InChI is InChI=1S/C21H19NO3/c1-23-16-9-7-14(21(12-16)24-2)13-22-15-8-10-20-18(11-15)17-5-3-4-6-19(17)25-20/h3-12,22H,13H2,1-2H3. The average Bonchev–Trinajstić information content (AvgIpc) is 3.04. The third-order valence-corrected chi connectivity index (χ3v) is 4.35. The first-order valence-electron chi connectivity index (χ1n) is 8.14. The lowest BCUT2D eigenvalue weighted by Gasteiger charge is -2.12. The lowest BCUT2D eigenvalue weighted by Crippen LogP contribution is -2.02. The van der Waals surface area contributed by atoms with E-state index in [0.717, 1.165) is 44.7 Å². The fourth-order valence-corrected chi connectivity index (χ4v) is 3.03. The Hall–Kier alpha value is -3.14. The maximum atomic E-state index is 5.87. The van der Waals surface area contributed by atoms with Crippen LogP contribution in [0.25, 0.3) is 21.9 Å². The molecule has 0 fully saturated rings. The molecule has 0 atom stereocenters. The topological polar surface area (TPSA) is 43.6 Å². The molecule has 4 heteroatoms. The number of nitrogens with one attached hydrogen (secondary N) is 1. The van der Waals surface area contributed by atoms with Gasteiger partial charge in [-0.3, -0.25) is 0 Å². The molecule has 0 radical (unpaired) electrons. The van der Waals surface area contributed by atoms with Crippen LogP contribution in [0.4, 0.5) is 5.69 Å². The van der Waals surface area contributed by atoms with Crippen molar-refractivity contribution in [3.05, 3.63) is 66.2 Å². The zero-order valence-corrected chi connectivity index (χ0v) is 14.2. The molecule has 0 aliphatic rings. The Balaban J connectivity index is 1.62. The fraction of sp³-hybridized carbons (Fsp3) is 0.143. The first kappa shape index (κ1) is 15.4. The van der Waals surface area contributed by atoms with Gasteiger partial charge in [-0.25, -0.2) is 0 Å². The van der Waals surface area contributed by atoms with Crippen molar-refractivity contribution in [2.24, 2.45) is 0 Å². The number of anilines is 1. The van der Waals surface area contributed by atoms with Gasteiger partial charge in [0.15, 0.2) is 0 Å². The van der Waals surface area contributed by atoms with Crippen LogP contribution >= 0.6 is 0 Å². The molecule has 0 aliphatic carbocycles. The molecular formula is C21H19NO3. The van der Waals surface area contributed by atoms with Crippen molar-refractivity contribution in [2.45, 2.75) is 6.54 Å². The second-order valence-electron chi connectivity index (χ2n) is 5.84. The maximum absolute atomic E-state index is 5.87. The van der Waals surface area contributed by atoms with E-state index in [1.165, 1.54) is 0 Å². The van der Waals surface area contributed by atoms with Crippen molar-refractivity contribution in [2.75, 3.05) is 19.5 Å². The summed E-state index contributed by atoms with van der Waals surface area (Å²) in [6.45, 7) is 0.661. The van der Waals surface area contributed by atoms with Crippen molar-refractivity contribution in [1.82, 2.24) is 0 Å². The van der Waals surface area contributed by atoms with Gasteiger partial charge in [-0.05, 0) is 36.4 Å². The Morgan fingerprint density at radius 3 is 2.52 bits per heavy atom. The number of hydrogen-bond donors (Lipinski definition) is 1. The smallest absolute Gasteiger partial charge is 0.135 e. The number of rotatable bonds is 5. The van der Waals surface area contributed by atoms with E-state index in [9.17, 15) is 0 Å². The van der Waals surface area contributed by atoms with Crippen LogP contribution in [0.15, 0.2) is 65.1 Å². The SMILES string of the molecule is COc1ccc(CNc2ccc3oc4ccccc4c3c2)c(OC)c1. The molecular weight excluding hydrogens is 314 g/mol. The molecule has 0 unspecified atom stereocenters. The molecule has 0 saturated carbocycles. The molecule has 4 aromatic rings. The summed E-state index contributed by atoms with van der Waals surface area (Å²) in [5.41, 5.74) is 3.91. The van der Waals surface area contributed by atoms with Gasteiger partial charge in [0.1, 0.15) is 22.7 Å². The molecule has 3 aromatic carbocycles. The van der Waals surface area contributed by atoms with Gasteiger partial charge in [-0.2, -0.15) is 0 Å². The molecule has 4 nitrogen and oxygen atoms in total. The average molecular weight is 333 g/mol. The Morgan fingerprint density at radius 1 is 0.840 bits per heavy atom. The van der Waals surface area contributed by atoms with E-state index >= 15 is 0 Å². The van der Waals surface area contributed by atoms with Crippen LogP contribution in [-0.2, 0) is 6.54 Å². The van der Waals surface area contributed by atoms with Gasteiger partial charge in [-0.15, -0.1) is 0 Å². The van der Waals surface area contributed by atoms with Gasteiger partial charge >= 0.3 is 0 Å². The Kier molecular flexibility index (Phi) is 3.94. The van der Waals surface area contributed by atoms with E-state index in [1.807, 2.05) is 48.5 Å². The lowest BCUT2D eigenvalue weighted by atomic mass is 10.1. The summed E-state index contributed by atoms with van der Waals surface area (Å²) >= 11 is 0. The van der Waals surface area contributed by atoms with Crippen LogP contribution in [0.1, 0.15) is 5.56 Å². The van der Waals surface area contributed by atoms with Crippen LogP contribution in [-0.4, -0.2) is 14.2 Å². The third kappa shape index (κ3) is 2.87. The van der Waals surface area contributed by atoms with Gasteiger partial charge in [0, 0.05) is 34.6 Å². The largest absolute Gasteiger partial charge is 0.497 e. The number of fused-ring (bicyclic) bond motifs is 3. The summed E-state index contributed by atoms with van der Waals surface area (Å²) < 4.78 is 16.6. The monoisotopic (exact) mass is 333 g/mol. The third-order valence-electron chi connectivity index (χ3n) is 4.35. The van der Waals surface area contributed by atoms with E-state index in [-0.39, 0.29) is 0 Å². The highest BCUT2D eigenvalue weighted by molar-refractivity contribution is 6.05. The van der Waals surface area contributed by atoms with Crippen LogP contribution < -0.4 is 14.8 Å². The first-order chi connectivity index (χ1) is 12.3. The number of benzene rings is 3. The Morgan fingerprint density at radius 2 is 1.68 bits per heavy atom. The number of hydrogen-bond acceptors (Lipinski definition) is 4. The minimum atomic E-state index is 0.661. The van der Waals surface area contributed by atoms with Crippen molar-refractivity contribution >= 4 is 27.6 Å². The van der Waals surface area contributed by atoms with Crippen molar-refractivity contribution in [3.63, 3.8) is 0 Å². The molecule has 1 aromatic heterocycles. The summed E-state index contributed by atoms with van der Waals surface area (Å²) in [4.78, 5) is 0. The molecule has 0 bridgehead atoms. The van der Waals surface area contributed by atoms with Crippen LogP contribution in [0, 0.1) is 0 Å². The molecule has 0 aliphatic heterocycles. The van der Waals surface area contributed by atoms with E-state index in [1.54, 1.807) is 14.2 Å². The zero-order chi connectivity index (χ0) is 17.2. The van der Waals surface area contributed by atoms with E-state index in [0.29, 0.717) is 6.54 Å². The summed E-state index contributed by atoms with van der Waals surface area (Å²) in [5, 5.41) is 5.70. The quantitative estimate of drug-likeness (QED) is 0.544.